The van der Waals surface area contributed by atoms with Crippen molar-refractivity contribution in [3.63, 3.8) is 0 Å². The van der Waals surface area contributed by atoms with Crippen LogP contribution in [0.25, 0.3) is 0 Å². The van der Waals surface area contributed by atoms with Crippen LogP contribution in [0.15, 0.2) is 0 Å². The lowest BCUT2D eigenvalue weighted by Crippen LogP contribution is -2.19. The second kappa shape index (κ2) is 6.07. The molecular weight excluding hydrogens is 198 g/mol. The molecule has 0 aliphatic carbocycles. The van der Waals surface area contributed by atoms with Gasteiger partial charge in [-0.25, -0.2) is 0 Å². The molecule has 1 aromatic rings. The van der Waals surface area contributed by atoms with E-state index in [1.807, 2.05) is 0 Å². The summed E-state index contributed by atoms with van der Waals surface area (Å²) in [7, 11) is 1.70. The van der Waals surface area contributed by atoms with E-state index in [1.54, 1.807) is 14.0 Å². The van der Waals surface area contributed by atoms with Crippen LogP contribution in [0.4, 0.5) is 0 Å². The molecule has 7 nitrogen and oxygen atoms in total. The summed E-state index contributed by atoms with van der Waals surface area (Å²) in [5.41, 5.74) is 0. The third-order valence-electron chi connectivity index (χ3n) is 1.64. The van der Waals surface area contributed by atoms with E-state index < -0.39 is 0 Å². The van der Waals surface area contributed by atoms with Gasteiger partial charge in [0.05, 0.1) is 26.6 Å². The number of tetrazole rings is 1. The highest BCUT2D eigenvalue weighted by Crippen LogP contribution is 1.87. The first-order valence-electron chi connectivity index (χ1n) is 4.81. The highest BCUT2D eigenvalue weighted by Gasteiger charge is 2.02. The zero-order valence-electron chi connectivity index (χ0n) is 8.93. The third-order valence-corrected chi connectivity index (χ3v) is 1.64. The molecule has 1 N–H and O–H groups in total. The average molecular weight is 213 g/mol. The molecule has 0 spiro atoms. The Bertz CT molecular complexity index is 312. The molecule has 7 heteroatoms. The van der Waals surface area contributed by atoms with Crippen LogP contribution in [0, 0.1) is 0 Å². The number of hydrogen-bond donors (Lipinski definition) is 1. The van der Waals surface area contributed by atoms with Gasteiger partial charge in [0.1, 0.15) is 0 Å². The summed E-state index contributed by atoms with van der Waals surface area (Å²) < 4.78 is 4.77. The molecule has 1 aromatic heterocycles. The molecule has 0 unspecified atom stereocenters. The average Bonchev–Trinajstić information content (AvgIpc) is 2.60. The monoisotopic (exact) mass is 213 g/mol. The molecule has 1 heterocycles. The minimum absolute atomic E-state index is 0.197. The summed E-state index contributed by atoms with van der Waals surface area (Å²) in [4.78, 5) is 12.3. The summed E-state index contributed by atoms with van der Waals surface area (Å²) in [5, 5.41) is 14.5. The van der Waals surface area contributed by atoms with Crippen molar-refractivity contribution in [2.45, 2.75) is 19.9 Å². The van der Waals surface area contributed by atoms with Crippen molar-refractivity contribution in [1.29, 1.82) is 0 Å². The number of rotatable bonds is 6. The van der Waals surface area contributed by atoms with Crippen LogP contribution in [-0.2, 0) is 23.1 Å². The van der Waals surface area contributed by atoms with Crippen molar-refractivity contribution in [3.8, 4) is 0 Å². The Balaban J connectivity index is 2.09. The Hall–Kier alpha value is -1.50. The fourth-order valence-corrected chi connectivity index (χ4v) is 1.02. The van der Waals surface area contributed by atoms with E-state index in [4.69, 9.17) is 4.74 Å². The lowest BCUT2D eigenvalue weighted by molar-refractivity contribution is -0.142. The number of ether oxygens (including phenoxy) is 1. The Kier molecular flexibility index (Phi) is 4.69. The Morgan fingerprint density at radius 1 is 1.60 bits per heavy atom. The van der Waals surface area contributed by atoms with E-state index >= 15 is 0 Å². The predicted octanol–water partition coefficient (Wildman–Crippen LogP) is -0.747. The van der Waals surface area contributed by atoms with Gasteiger partial charge in [0.15, 0.2) is 5.82 Å². The van der Waals surface area contributed by atoms with Crippen LogP contribution in [0.2, 0.25) is 0 Å². The number of nitrogens with one attached hydrogen (secondary N) is 1. The van der Waals surface area contributed by atoms with Gasteiger partial charge in [-0.2, -0.15) is 4.80 Å². The highest BCUT2D eigenvalue weighted by atomic mass is 16.5. The van der Waals surface area contributed by atoms with Crippen molar-refractivity contribution in [2.75, 3.05) is 13.2 Å². The van der Waals surface area contributed by atoms with E-state index in [9.17, 15) is 4.79 Å². The lowest BCUT2D eigenvalue weighted by atomic mass is 10.4. The Morgan fingerprint density at radius 2 is 2.40 bits per heavy atom. The van der Waals surface area contributed by atoms with Crippen LogP contribution < -0.4 is 5.32 Å². The number of aryl methyl sites for hydroxylation is 1. The molecule has 0 saturated carbocycles. The van der Waals surface area contributed by atoms with Gasteiger partial charge in [-0.3, -0.25) is 4.79 Å². The smallest absolute Gasteiger partial charge is 0.307 e. The van der Waals surface area contributed by atoms with Crippen molar-refractivity contribution < 1.29 is 9.53 Å². The number of aromatic nitrogens is 4. The van der Waals surface area contributed by atoms with Crippen molar-refractivity contribution in [3.05, 3.63) is 5.82 Å². The zero-order chi connectivity index (χ0) is 11.1. The van der Waals surface area contributed by atoms with Crippen LogP contribution in [0.1, 0.15) is 19.2 Å². The fraction of sp³-hybridized carbons (Fsp3) is 0.750. The molecule has 0 bridgehead atoms. The number of hydrogen-bond acceptors (Lipinski definition) is 6. The SMILES string of the molecule is CCOC(=O)CCNCc1nnn(C)n1. The first-order valence-corrected chi connectivity index (χ1v) is 4.81. The minimum Gasteiger partial charge on any atom is -0.466 e. The Labute approximate surface area is 87.8 Å². The van der Waals surface area contributed by atoms with Crippen LogP contribution in [-0.4, -0.2) is 39.3 Å². The first-order chi connectivity index (χ1) is 7.22. The van der Waals surface area contributed by atoms with Crippen LogP contribution >= 0.6 is 0 Å². The first kappa shape index (κ1) is 11.6. The van der Waals surface area contributed by atoms with Gasteiger partial charge in [0, 0.05) is 6.54 Å². The van der Waals surface area contributed by atoms with Gasteiger partial charge in [-0.1, -0.05) is 0 Å². The summed E-state index contributed by atoms with van der Waals surface area (Å²) in [5.74, 6) is 0.415. The molecular formula is C8H15N5O2. The lowest BCUT2D eigenvalue weighted by Gasteiger charge is -2.01. The quantitative estimate of drug-likeness (QED) is 0.494. The van der Waals surface area contributed by atoms with Gasteiger partial charge in [0.25, 0.3) is 0 Å². The number of carbonyl (C=O) groups excluding carboxylic acids is 1. The zero-order valence-corrected chi connectivity index (χ0v) is 8.93. The molecule has 0 aliphatic rings. The summed E-state index contributed by atoms with van der Waals surface area (Å²) in [6, 6.07) is 0. The van der Waals surface area contributed by atoms with Crippen molar-refractivity contribution in [2.24, 2.45) is 7.05 Å². The molecule has 0 aromatic carbocycles. The molecule has 0 radical (unpaired) electrons. The van der Waals surface area contributed by atoms with E-state index in [1.165, 1.54) is 4.80 Å². The molecule has 84 valence electrons. The minimum atomic E-state index is -0.197. The number of carbonyl (C=O) groups is 1. The standard InChI is InChI=1S/C8H15N5O2/c1-3-15-8(14)4-5-9-6-7-10-12-13(2)11-7/h9H,3-6H2,1-2H3. The van der Waals surface area contributed by atoms with E-state index in [0.29, 0.717) is 31.9 Å². The van der Waals surface area contributed by atoms with Gasteiger partial charge >= 0.3 is 5.97 Å². The molecule has 1 rings (SSSR count). The van der Waals surface area contributed by atoms with E-state index in [0.717, 1.165) is 0 Å². The predicted molar refractivity (Wildman–Crippen MR) is 51.8 cm³/mol. The van der Waals surface area contributed by atoms with Crippen molar-refractivity contribution in [1.82, 2.24) is 25.5 Å². The summed E-state index contributed by atoms with van der Waals surface area (Å²) >= 11 is 0. The summed E-state index contributed by atoms with van der Waals surface area (Å²) in [6.45, 7) is 3.27. The second-order valence-corrected chi connectivity index (χ2v) is 2.93. The Morgan fingerprint density at radius 3 is 3.00 bits per heavy atom. The molecule has 0 aliphatic heterocycles. The number of esters is 1. The second-order valence-electron chi connectivity index (χ2n) is 2.93. The molecule has 0 amide bonds. The maximum absolute atomic E-state index is 10.9. The fourth-order valence-electron chi connectivity index (χ4n) is 1.02. The number of nitrogens with zero attached hydrogens (tertiary/aromatic N) is 4. The third kappa shape index (κ3) is 4.50. The maximum atomic E-state index is 10.9. The normalized spacial score (nSPS) is 10.3. The van der Waals surface area contributed by atoms with E-state index in [2.05, 4.69) is 20.7 Å². The maximum Gasteiger partial charge on any atom is 0.307 e. The van der Waals surface area contributed by atoms with Gasteiger partial charge in [0.2, 0.25) is 0 Å². The largest absolute Gasteiger partial charge is 0.466 e. The van der Waals surface area contributed by atoms with Gasteiger partial charge in [-0.15, -0.1) is 10.2 Å². The van der Waals surface area contributed by atoms with Crippen LogP contribution in [0.3, 0.4) is 0 Å². The van der Waals surface area contributed by atoms with Crippen LogP contribution in [0.5, 0.6) is 0 Å². The van der Waals surface area contributed by atoms with Gasteiger partial charge in [-0.05, 0) is 12.1 Å². The molecule has 0 fully saturated rings. The van der Waals surface area contributed by atoms with E-state index in [-0.39, 0.29) is 5.97 Å². The van der Waals surface area contributed by atoms with Gasteiger partial charge < -0.3 is 10.1 Å². The van der Waals surface area contributed by atoms with Crippen molar-refractivity contribution >= 4 is 5.97 Å². The highest BCUT2D eigenvalue weighted by molar-refractivity contribution is 5.69. The summed E-state index contributed by atoms with van der Waals surface area (Å²) in [6.07, 6.45) is 0.355. The molecule has 0 atom stereocenters. The molecule has 15 heavy (non-hydrogen) atoms. The topological polar surface area (TPSA) is 81.9 Å². The molecule has 0 saturated heterocycles.